The molecule has 1 heterocycles. The molecule has 0 radical (unpaired) electrons. The highest BCUT2D eigenvalue weighted by Gasteiger charge is 2.18. The Morgan fingerprint density at radius 3 is 2.67 bits per heavy atom. The molecule has 0 bridgehead atoms. The van der Waals surface area contributed by atoms with E-state index in [0.717, 1.165) is 11.1 Å². The Balaban J connectivity index is 2.85. The van der Waals surface area contributed by atoms with E-state index in [0.29, 0.717) is 11.1 Å². The molecule has 0 N–H and O–H groups in total. The molecule has 0 spiro atoms. The number of hydrogen-bond acceptors (Lipinski definition) is 5. The third-order valence-corrected chi connectivity index (χ3v) is 2.86. The van der Waals surface area contributed by atoms with E-state index in [-0.39, 0.29) is 11.3 Å². The van der Waals surface area contributed by atoms with E-state index >= 15 is 0 Å². The smallest absolute Gasteiger partial charge is 0.340 e. The van der Waals surface area contributed by atoms with Crippen molar-refractivity contribution < 1.29 is 9.53 Å². The minimum Gasteiger partial charge on any atom is -0.465 e. The highest BCUT2D eigenvalue weighted by Crippen LogP contribution is 2.31. The maximum Gasteiger partial charge on any atom is 0.340 e. The quantitative estimate of drug-likeness (QED) is 0.601. The van der Waals surface area contributed by atoms with E-state index in [4.69, 9.17) is 0 Å². The summed E-state index contributed by atoms with van der Waals surface area (Å²) in [6.45, 7) is 3.60. The molecule has 0 amide bonds. The molecule has 0 saturated heterocycles. The molecule has 0 aliphatic carbocycles. The highest BCUT2D eigenvalue weighted by molar-refractivity contribution is 6.02. The summed E-state index contributed by atoms with van der Waals surface area (Å²) < 4.78 is 4.65. The third-order valence-electron chi connectivity index (χ3n) is 2.86. The predicted octanol–water partition coefficient (Wildman–Crippen LogP) is 3.04. The number of rotatable bonds is 2. The number of ether oxygens (including phenoxy) is 1. The molecule has 0 atom stereocenters. The number of carbonyl (C=O) groups excluding carboxylic acids is 1. The molecule has 0 fully saturated rings. The number of carbonyl (C=O) groups is 1. The molecule has 0 aliphatic rings. The fraction of sp³-hybridized carbons (Fsp3) is 0.231. The van der Waals surface area contributed by atoms with Crippen molar-refractivity contribution in [2.24, 2.45) is 5.18 Å². The molecule has 0 unspecified atom stereocenters. The van der Waals surface area contributed by atoms with Crippen LogP contribution in [0.4, 0.5) is 5.69 Å². The molecule has 2 aromatic rings. The third kappa shape index (κ3) is 1.84. The number of nitrogens with zero attached hydrogens (tertiary/aromatic N) is 2. The van der Waals surface area contributed by atoms with Gasteiger partial charge in [0.25, 0.3) is 0 Å². The summed E-state index contributed by atoms with van der Waals surface area (Å²) in [5.41, 5.74) is 2.39. The Hall–Kier alpha value is -2.30. The van der Waals surface area contributed by atoms with E-state index in [1.807, 2.05) is 19.1 Å². The topological polar surface area (TPSA) is 68.6 Å². The van der Waals surface area contributed by atoms with Gasteiger partial charge in [-0.25, -0.2) is 4.79 Å². The lowest BCUT2D eigenvalue weighted by atomic mass is 10.0. The van der Waals surface area contributed by atoms with Crippen LogP contribution in [0.1, 0.15) is 21.6 Å². The predicted molar refractivity (Wildman–Crippen MR) is 68.0 cm³/mol. The van der Waals surface area contributed by atoms with E-state index < -0.39 is 5.97 Å². The zero-order chi connectivity index (χ0) is 13.3. The summed E-state index contributed by atoms with van der Waals surface area (Å²) in [4.78, 5) is 26.9. The van der Waals surface area contributed by atoms with Crippen molar-refractivity contribution in [3.63, 3.8) is 0 Å². The molecule has 0 saturated carbocycles. The second-order valence-electron chi connectivity index (χ2n) is 4.00. The number of aryl methyl sites for hydroxylation is 2. The molecule has 0 aliphatic heterocycles. The molecule has 5 nitrogen and oxygen atoms in total. The monoisotopic (exact) mass is 244 g/mol. The minimum atomic E-state index is -0.585. The van der Waals surface area contributed by atoms with Crippen LogP contribution >= 0.6 is 0 Å². The minimum absolute atomic E-state index is 0.111. The van der Waals surface area contributed by atoms with E-state index in [9.17, 15) is 9.70 Å². The van der Waals surface area contributed by atoms with Crippen LogP contribution in [0.15, 0.2) is 23.4 Å². The molecule has 1 aromatic heterocycles. The fourth-order valence-corrected chi connectivity index (χ4v) is 1.92. The van der Waals surface area contributed by atoms with Gasteiger partial charge in [0.2, 0.25) is 0 Å². The van der Waals surface area contributed by atoms with Crippen LogP contribution in [-0.4, -0.2) is 18.1 Å². The van der Waals surface area contributed by atoms with Gasteiger partial charge in [-0.3, -0.25) is 4.98 Å². The lowest BCUT2D eigenvalue weighted by Gasteiger charge is -2.08. The van der Waals surface area contributed by atoms with Crippen molar-refractivity contribution in [2.45, 2.75) is 13.8 Å². The van der Waals surface area contributed by atoms with Gasteiger partial charge in [-0.05, 0) is 36.7 Å². The number of methoxy groups -OCH3 is 1. The lowest BCUT2D eigenvalue weighted by Crippen LogP contribution is -2.03. The first-order valence-corrected chi connectivity index (χ1v) is 5.41. The second kappa shape index (κ2) is 4.52. The molecular weight excluding hydrogens is 232 g/mol. The van der Waals surface area contributed by atoms with Crippen LogP contribution in [-0.2, 0) is 4.74 Å². The van der Waals surface area contributed by atoms with E-state index in [1.165, 1.54) is 13.2 Å². The van der Waals surface area contributed by atoms with Crippen LogP contribution < -0.4 is 0 Å². The molecule has 92 valence electrons. The number of aromatic nitrogens is 1. The van der Waals surface area contributed by atoms with Crippen molar-refractivity contribution >= 4 is 22.6 Å². The van der Waals surface area contributed by atoms with Gasteiger partial charge < -0.3 is 4.74 Å². The van der Waals surface area contributed by atoms with Gasteiger partial charge in [0.05, 0.1) is 18.2 Å². The standard InChI is InChI=1S/C13H12N2O3/c1-7-4-5-9-8(2)12(15-17)10(13(16)18-3)6-11(9)14-7/h4-6H,1-3H3. The van der Waals surface area contributed by atoms with Gasteiger partial charge in [0.15, 0.2) is 0 Å². The SMILES string of the molecule is COC(=O)c1cc2nc(C)ccc2c(C)c1N=O. The van der Waals surface area contributed by atoms with Gasteiger partial charge in [-0.2, -0.15) is 0 Å². The zero-order valence-electron chi connectivity index (χ0n) is 10.4. The summed E-state index contributed by atoms with van der Waals surface area (Å²) in [5, 5.41) is 3.74. The zero-order valence-corrected chi connectivity index (χ0v) is 10.4. The first-order valence-electron chi connectivity index (χ1n) is 5.41. The number of nitroso groups, excluding NO2 is 1. The average Bonchev–Trinajstić information content (AvgIpc) is 2.37. The molecule has 5 heteroatoms. The summed E-state index contributed by atoms with van der Waals surface area (Å²) in [6.07, 6.45) is 0. The summed E-state index contributed by atoms with van der Waals surface area (Å²) >= 11 is 0. The van der Waals surface area contributed by atoms with Gasteiger partial charge in [-0.15, -0.1) is 4.91 Å². The van der Waals surface area contributed by atoms with Gasteiger partial charge >= 0.3 is 5.97 Å². The van der Waals surface area contributed by atoms with Crippen LogP contribution in [0, 0.1) is 18.8 Å². The Bertz CT molecular complexity index is 650. The van der Waals surface area contributed by atoms with Gasteiger partial charge in [0.1, 0.15) is 5.69 Å². The van der Waals surface area contributed by atoms with E-state index in [1.54, 1.807) is 6.92 Å². The maximum absolute atomic E-state index is 11.6. The number of esters is 1. The van der Waals surface area contributed by atoms with Gasteiger partial charge in [0, 0.05) is 11.1 Å². The molecule has 2 rings (SSSR count). The molecule has 18 heavy (non-hydrogen) atoms. The van der Waals surface area contributed by atoms with Crippen molar-refractivity contribution in [1.29, 1.82) is 0 Å². The number of pyridine rings is 1. The number of hydrogen-bond donors (Lipinski definition) is 0. The van der Waals surface area contributed by atoms with E-state index in [2.05, 4.69) is 14.9 Å². The van der Waals surface area contributed by atoms with Crippen LogP contribution in [0.25, 0.3) is 10.9 Å². The molecular formula is C13H12N2O3. The normalized spacial score (nSPS) is 10.4. The van der Waals surface area contributed by atoms with Crippen molar-refractivity contribution in [1.82, 2.24) is 4.98 Å². The summed E-state index contributed by atoms with van der Waals surface area (Å²) in [5.74, 6) is -0.585. The number of fused-ring (bicyclic) bond motifs is 1. The lowest BCUT2D eigenvalue weighted by molar-refractivity contribution is 0.0602. The first kappa shape index (κ1) is 12.2. The van der Waals surface area contributed by atoms with Crippen molar-refractivity contribution in [3.8, 4) is 0 Å². The average molecular weight is 244 g/mol. The number of benzene rings is 1. The van der Waals surface area contributed by atoms with Crippen molar-refractivity contribution in [3.05, 3.63) is 39.9 Å². The molecule has 1 aromatic carbocycles. The largest absolute Gasteiger partial charge is 0.465 e. The Morgan fingerprint density at radius 1 is 1.33 bits per heavy atom. The highest BCUT2D eigenvalue weighted by atomic mass is 16.5. The summed E-state index contributed by atoms with van der Waals surface area (Å²) in [7, 11) is 1.26. The van der Waals surface area contributed by atoms with Crippen LogP contribution in [0.3, 0.4) is 0 Å². The van der Waals surface area contributed by atoms with Crippen LogP contribution in [0.5, 0.6) is 0 Å². The Morgan fingerprint density at radius 2 is 2.06 bits per heavy atom. The summed E-state index contributed by atoms with van der Waals surface area (Å²) in [6, 6.07) is 5.25. The second-order valence-corrected chi connectivity index (χ2v) is 4.00. The Labute approximate surface area is 104 Å². The first-order chi connectivity index (χ1) is 8.58. The Kier molecular flexibility index (Phi) is 3.06. The van der Waals surface area contributed by atoms with Crippen LogP contribution in [0.2, 0.25) is 0 Å². The fourth-order valence-electron chi connectivity index (χ4n) is 1.92. The van der Waals surface area contributed by atoms with Gasteiger partial charge in [-0.1, -0.05) is 6.07 Å². The van der Waals surface area contributed by atoms with Crippen molar-refractivity contribution in [2.75, 3.05) is 7.11 Å². The maximum atomic E-state index is 11.6.